The van der Waals surface area contributed by atoms with Gasteiger partial charge in [-0.3, -0.25) is 0 Å². The van der Waals surface area contributed by atoms with Gasteiger partial charge < -0.3 is 9.80 Å². The molecular weight excluding hydrogens is 418 g/mol. The van der Waals surface area contributed by atoms with Crippen molar-refractivity contribution >= 4 is 28.8 Å². The fourth-order valence-electron chi connectivity index (χ4n) is 4.69. The van der Waals surface area contributed by atoms with Crippen molar-refractivity contribution < 1.29 is 0 Å². The van der Waals surface area contributed by atoms with Crippen LogP contribution in [-0.2, 0) is 0 Å². The van der Waals surface area contributed by atoms with Crippen LogP contribution in [0.25, 0.3) is 16.8 Å². The molecule has 0 radical (unpaired) electrons. The van der Waals surface area contributed by atoms with Gasteiger partial charge >= 0.3 is 0 Å². The van der Waals surface area contributed by atoms with E-state index in [0.717, 1.165) is 58.6 Å². The third kappa shape index (κ3) is 3.71. The Morgan fingerprint density at radius 1 is 0.938 bits per heavy atom. The molecule has 6 heteroatoms. The lowest BCUT2D eigenvalue weighted by Gasteiger charge is -2.42. The first-order chi connectivity index (χ1) is 15.4. The minimum Gasteiger partial charge on any atom is -0.365 e. The van der Waals surface area contributed by atoms with E-state index in [-0.39, 0.29) is 0 Å². The number of aryl methyl sites for hydroxylation is 3. The molecule has 2 aromatic heterocycles. The maximum absolute atomic E-state index is 6.11. The number of nitrogens with zero attached hydrogens (tertiary/aromatic N) is 5. The van der Waals surface area contributed by atoms with Crippen LogP contribution in [0.2, 0.25) is 5.02 Å². The van der Waals surface area contributed by atoms with Crippen molar-refractivity contribution in [1.82, 2.24) is 14.6 Å². The standard InChI is InChI=1S/C26H28ClN5/c1-17-5-11-23(12-6-17)31-14-13-30(16-19(31)3)24-15-18(2)28-26-25(20(4)29-32(24)26)21-7-9-22(27)10-8-21/h5-12,15,19H,13-14,16H2,1-4H3. The Morgan fingerprint density at radius 2 is 1.66 bits per heavy atom. The minimum atomic E-state index is 0.391. The van der Waals surface area contributed by atoms with E-state index in [9.17, 15) is 0 Å². The Morgan fingerprint density at radius 3 is 2.34 bits per heavy atom. The molecule has 1 atom stereocenters. The SMILES string of the molecule is Cc1ccc(N2CCN(c3cc(C)nc4c(-c5ccc(Cl)cc5)c(C)nn34)CC2C)cc1. The molecular formula is C26H28ClN5. The molecule has 0 amide bonds. The van der Waals surface area contributed by atoms with Gasteiger partial charge in [0.15, 0.2) is 5.65 Å². The number of halogens is 1. The Bertz CT molecular complexity index is 1260. The van der Waals surface area contributed by atoms with Crippen molar-refractivity contribution in [3.05, 3.63) is 76.6 Å². The maximum Gasteiger partial charge on any atom is 0.165 e. The quantitative estimate of drug-likeness (QED) is 0.406. The van der Waals surface area contributed by atoms with E-state index < -0.39 is 0 Å². The second-order valence-electron chi connectivity index (χ2n) is 8.78. The first-order valence-corrected chi connectivity index (χ1v) is 11.5. The van der Waals surface area contributed by atoms with E-state index in [4.69, 9.17) is 21.7 Å². The minimum absolute atomic E-state index is 0.391. The first-order valence-electron chi connectivity index (χ1n) is 11.1. The molecule has 4 aromatic rings. The van der Waals surface area contributed by atoms with Crippen molar-refractivity contribution in [2.45, 2.75) is 33.7 Å². The second kappa shape index (κ2) is 8.14. The highest BCUT2D eigenvalue weighted by Gasteiger charge is 2.27. The Hall–Kier alpha value is -3.05. The zero-order chi connectivity index (χ0) is 22.4. The van der Waals surface area contributed by atoms with Crippen molar-refractivity contribution in [2.24, 2.45) is 0 Å². The van der Waals surface area contributed by atoms with Crippen LogP contribution in [0.15, 0.2) is 54.6 Å². The van der Waals surface area contributed by atoms with Crippen LogP contribution in [-0.4, -0.2) is 40.3 Å². The van der Waals surface area contributed by atoms with Crippen molar-refractivity contribution in [2.75, 3.05) is 29.4 Å². The number of benzene rings is 2. The topological polar surface area (TPSA) is 36.7 Å². The predicted octanol–water partition coefficient (Wildman–Crippen LogP) is 5.69. The summed E-state index contributed by atoms with van der Waals surface area (Å²) in [7, 11) is 0. The lowest BCUT2D eigenvalue weighted by molar-refractivity contribution is 0.543. The van der Waals surface area contributed by atoms with E-state index in [1.807, 2.05) is 28.8 Å². The highest BCUT2D eigenvalue weighted by Crippen LogP contribution is 2.32. The van der Waals surface area contributed by atoms with E-state index in [0.29, 0.717) is 6.04 Å². The normalized spacial score (nSPS) is 16.7. The van der Waals surface area contributed by atoms with Gasteiger partial charge in [0, 0.05) is 53.7 Å². The van der Waals surface area contributed by atoms with Crippen molar-refractivity contribution in [1.29, 1.82) is 0 Å². The number of aromatic nitrogens is 3. The van der Waals surface area contributed by atoms with Crippen LogP contribution >= 0.6 is 11.6 Å². The Balaban J connectivity index is 1.50. The van der Waals surface area contributed by atoms with Gasteiger partial charge in [0.25, 0.3) is 0 Å². The Kier molecular flexibility index (Phi) is 5.30. The molecule has 32 heavy (non-hydrogen) atoms. The number of fused-ring (bicyclic) bond motifs is 1. The highest BCUT2D eigenvalue weighted by atomic mass is 35.5. The number of piperazine rings is 1. The Labute approximate surface area is 194 Å². The van der Waals surface area contributed by atoms with Gasteiger partial charge in [0.1, 0.15) is 5.82 Å². The molecule has 1 aliphatic heterocycles. The van der Waals surface area contributed by atoms with E-state index >= 15 is 0 Å². The van der Waals surface area contributed by atoms with Crippen LogP contribution < -0.4 is 9.80 Å². The molecule has 0 saturated carbocycles. The van der Waals surface area contributed by atoms with Crippen molar-refractivity contribution in [3.8, 4) is 11.1 Å². The average molecular weight is 446 g/mol. The van der Waals surface area contributed by atoms with Crippen molar-refractivity contribution in [3.63, 3.8) is 0 Å². The van der Waals surface area contributed by atoms with Gasteiger partial charge in [-0.1, -0.05) is 41.4 Å². The first kappa shape index (κ1) is 20.8. The summed E-state index contributed by atoms with van der Waals surface area (Å²) in [6.45, 7) is 11.4. The molecule has 0 spiro atoms. The average Bonchev–Trinajstić information content (AvgIpc) is 3.10. The monoisotopic (exact) mass is 445 g/mol. The molecule has 164 valence electrons. The van der Waals surface area contributed by atoms with Gasteiger partial charge in [-0.25, -0.2) is 4.98 Å². The molecule has 0 bridgehead atoms. The number of rotatable bonds is 3. The summed E-state index contributed by atoms with van der Waals surface area (Å²) in [5.41, 5.74) is 7.60. The molecule has 5 rings (SSSR count). The summed E-state index contributed by atoms with van der Waals surface area (Å²) in [6, 6.07) is 19.3. The molecule has 0 aliphatic carbocycles. The summed E-state index contributed by atoms with van der Waals surface area (Å²) >= 11 is 6.11. The van der Waals surface area contributed by atoms with E-state index in [1.54, 1.807) is 0 Å². The van der Waals surface area contributed by atoms with Gasteiger partial charge in [-0.05, 0) is 57.5 Å². The molecule has 3 heterocycles. The van der Waals surface area contributed by atoms with E-state index in [2.05, 4.69) is 67.8 Å². The van der Waals surface area contributed by atoms with Crippen LogP contribution in [0.1, 0.15) is 23.9 Å². The third-order valence-electron chi connectivity index (χ3n) is 6.32. The largest absolute Gasteiger partial charge is 0.365 e. The molecule has 1 saturated heterocycles. The highest BCUT2D eigenvalue weighted by molar-refractivity contribution is 6.30. The van der Waals surface area contributed by atoms with Crippen LogP contribution in [0.4, 0.5) is 11.5 Å². The summed E-state index contributed by atoms with van der Waals surface area (Å²) in [6.07, 6.45) is 0. The fraction of sp³-hybridized carbons (Fsp3) is 0.308. The lowest BCUT2D eigenvalue weighted by Crippen LogP contribution is -2.52. The van der Waals surface area contributed by atoms with Gasteiger partial charge in [-0.2, -0.15) is 9.61 Å². The summed E-state index contributed by atoms with van der Waals surface area (Å²) in [4.78, 5) is 9.81. The fourth-order valence-corrected chi connectivity index (χ4v) is 4.82. The van der Waals surface area contributed by atoms with Gasteiger partial charge in [0.2, 0.25) is 0 Å². The van der Waals surface area contributed by atoms with E-state index in [1.165, 1.54) is 11.3 Å². The molecule has 1 fully saturated rings. The van der Waals surface area contributed by atoms with Gasteiger partial charge in [-0.15, -0.1) is 0 Å². The predicted molar refractivity (Wildman–Crippen MR) is 133 cm³/mol. The third-order valence-corrected chi connectivity index (χ3v) is 6.58. The molecule has 5 nitrogen and oxygen atoms in total. The molecule has 2 aromatic carbocycles. The zero-order valence-corrected chi connectivity index (χ0v) is 19.8. The number of hydrogen-bond donors (Lipinski definition) is 0. The summed E-state index contributed by atoms with van der Waals surface area (Å²) < 4.78 is 2.01. The maximum atomic E-state index is 6.11. The second-order valence-corrected chi connectivity index (χ2v) is 9.22. The lowest BCUT2D eigenvalue weighted by atomic mass is 10.1. The van der Waals surface area contributed by atoms with Gasteiger partial charge in [0.05, 0.1) is 5.69 Å². The van der Waals surface area contributed by atoms with Crippen LogP contribution in [0.3, 0.4) is 0 Å². The van der Waals surface area contributed by atoms with Crippen LogP contribution in [0.5, 0.6) is 0 Å². The molecule has 0 N–H and O–H groups in total. The smallest absolute Gasteiger partial charge is 0.165 e. The number of hydrogen-bond acceptors (Lipinski definition) is 4. The molecule has 1 aliphatic rings. The summed E-state index contributed by atoms with van der Waals surface area (Å²) in [5, 5.41) is 5.64. The number of anilines is 2. The summed E-state index contributed by atoms with van der Waals surface area (Å²) in [5.74, 6) is 1.10. The zero-order valence-electron chi connectivity index (χ0n) is 19.0. The van der Waals surface area contributed by atoms with Crippen LogP contribution in [0, 0.1) is 20.8 Å². The molecule has 1 unspecified atom stereocenters.